The van der Waals surface area contributed by atoms with Crippen LogP contribution in [0.2, 0.25) is 0 Å². The molecule has 2 nitrogen and oxygen atoms in total. The van der Waals surface area contributed by atoms with Gasteiger partial charge in [-0.1, -0.05) is 6.08 Å². The highest BCUT2D eigenvalue weighted by Crippen LogP contribution is 2.36. The second-order valence-electron chi connectivity index (χ2n) is 3.62. The summed E-state index contributed by atoms with van der Waals surface area (Å²) in [7, 11) is 1.69. The van der Waals surface area contributed by atoms with Crippen molar-refractivity contribution in [3.8, 4) is 5.75 Å². The Bertz CT molecular complexity index is 418. The van der Waals surface area contributed by atoms with Gasteiger partial charge in [0.15, 0.2) is 0 Å². The van der Waals surface area contributed by atoms with Crippen molar-refractivity contribution in [1.29, 1.82) is 0 Å². The lowest BCUT2D eigenvalue weighted by atomic mass is 10.0. The standard InChI is InChI=1S/C12H14BrNO.ClH/c1-15-12-7-10-8(4-5-14)2-3-9(10)6-11(12)13;/h2,6-7H,3-5,14H2,1H3;1H. The van der Waals surface area contributed by atoms with Crippen molar-refractivity contribution in [2.24, 2.45) is 5.73 Å². The quantitative estimate of drug-likeness (QED) is 0.931. The number of hydrogen-bond acceptors (Lipinski definition) is 2. The van der Waals surface area contributed by atoms with E-state index in [1.165, 1.54) is 16.7 Å². The molecule has 0 spiro atoms. The SMILES string of the molecule is COc1cc2c(cc1Br)CC=C2CCN.Cl. The summed E-state index contributed by atoms with van der Waals surface area (Å²) in [5.41, 5.74) is 9.58. The number of nitrogens with two attached hydrogens (primary N) is 1. The van der Waals surface area contributed by atoms with Gasteiger partial charge >= 0.3 is 0 Å². The number of allylic oxidation sites excluding steroid dienone is 1. The van der Waals surface area contributed by atoms with Crippen LogP contribution in [0.1, 0.15) is 17.5 Å². The lowest BCUT2D eigenvalue weighted by Gasteiger charge is -2.09. The second-order valence-corrected chi connectivity index (χ2v) is 4.47. The highest BCUT2D eigenvalue weighted by atomic mass is 79.9. The molecule has 0 fully saturated rings. The predicted molar refractivity (Wildman–Crippen MR) is 73.3 cm³/mol. The van der Waals surface area contributed by atoms with Gasteiger partial charge in [0.1, 0.15) is 5.75 Å². The van der Waals surface area contributed by atoms with E-state index in [2.05, 4.69) is 34.1 Å². The molecule has 88 valence electrons. The van der Waals surface area contributed by atoms with Crippen LogP contribution >= 0.6 is 28.3 Å². The van der Waals surface area contributed by atoms with Crippen LogP contribution in [0.25, 0.3) is 5.57 Å². The average Bonchev–Trinajstić information content (AvgIpc) is 2.60. The van der Waals surface area contributed by atoms with Gasteiger partial charge in [-0.15, -0.1) is 12.4 Å². The number of fused-ring (bicyclic) bond motifs is 1. The number of rotatable bonds is 3. The van der Waals surface area contributed by atoms with E-state index in [4.69, 9.17) is 10.5 Å². The lowest BCUT2D eigenvalue weighted by Crippen LogP contribution is -1.99. The van der Waals surface area contributed by atoms with Crippen LogP contribution in [0, 0.1) is 0 Å². The molecule has 0 aliphatic heterocycles. The fourth-order valence-corrected chi connectivity index (χ4v) is 2.51. The van der Waals surface area contributed by atoms with Gasteiger partial charge in [-0.2, -0.15) is 0 Å². The first-order valence-corrected chi connectivity index (χ1v) is 5.81. The molecular formula is C12H15BrClNO. The molecular weight excluding hydrogens is 289 g/mol. The van der Waals surface area contributed by atoms with Crippen LogP contribution in [0.3, 0.4) is 0 Å². The number of methoxy groups -OCH3 is 1. The first-order chi connectivity index (χ1) is 7.26. The summed E-state index contributed by atoms with van der Waals surface area (Å²) >= 11 is 3.50. The smallest absolute Gasteiger partial charge is 0.133 e. The van der Waals surface area contributed by atoms with Crippen LogP contribution in [0.5, 0.6) is 5.75 Å². The van der Waals surface area contributed by atoms with Crippen LogP contribution in [0.15, 0.2) is 22.7 Å². The molecule has 1 aromatic carbocycles. The van der Waals surface area contributed by atoms with E-state index in [0.717, 1.165) is 23.1 Å². The molecule has 16 heavy (non-hydrogen) atoms. The highest BCUT2D eigenvalue weighted by Gasteiger charge is 2.16. The van der Waals surface area contributed by atoms with Gasteiger partial charge < -0.3 is 10.5 Å². The van der Waals surface area contributed by atoms with Crippen LogP contribution < -0.4 is 10.5 Å². The summed E-state index contributed by atoms with van der Waals surface area (Å²) < 4.78 is 6.31. The topological polar surface area (TPSA) is 35.2 Å². The summed E-state index contributed by atoms with van der Waals surface area (Å²) in [4.78, 5) is 0. The van der Waals surface area contributed by atoms with E-state index in [0.29, 0.717) is 6.54 Å². The van der Waals surface area contributed by atoms with Gasteiger partial charge in [0, 0.05) is 0 Å². The van der Waals surface area contributed by atoms with Crippen LogP contribution in [0.4, 0.5) is 0 Å². The van der Waals surface area contributed by atoms with Gasteiger partial charge in [0.05, 0.1) is 11.6 Å². The molecule has 4 heteroatoms. The summed E-state index contributed by atoms with van der Waals surface area (Å²) in [6.45, 7) is 0.698. The highest BCUT2D eigenvalue weighted by molar-refractivity contribution is 9.10. The molecule has 0 amide bonds. The fraction of sp³-hybridized carbons (Fsp3) is 0.333. The molecule has 0 saturated heterocycles. The zero-order chi connectivity index (χ0) is 10.8. The molecule has 1 aliphatic carbocycles. The Morgan fingerprint density at radius 1 is 1.44 bits per heavy atom. The van der Waals surface area contributed by atoms with Crippen molar-refractivity contribution in [1.82, 2.24) is 0 Å². The molecule has 2 rings (SSSR count). The van der Waals surface area contributed by atoms with Crippen LogP contribution in [-0.4, -0.2) is 13.7 Å². The molecule has 0 saturated carbocycles. The van der Waals surface area contributed by atoms with Crippen LogP contribution in [-0.2, 0) is 6.42 Å². The summed E-state index contributed by atoms with van der Waals surface area (Å²) in [6, 6.07) is 4.22. The van der Waals surface area contributed by atoms with Crippen molar-refractivity contribution in [3.05, 3.63) is 33.8 Å². The summed E-state index contributed by atoms with van der Waals surface area (Å²) in [5.74, 6) is 0.888. The molecule has 0 radical (unpaired) electrons. The number of ether oxygens (including phenoxy) is 1. The molecule has 1 aliphatic rings. The number of hydrogen-bond donors (Lipinski definition) is 1. The third kappa shape index (κ3) is 2.42. The van der Waals surface area contributed by atoms with Crippen molar-refractivity contribution < 1.29 is 4.74 Å². The molecule has 0 bridgehead atoms. The Labute approximate surface area is 110 Å². The summed E-state index contributed by atoms with van der Waals surface area (Å²) in [5, 5.41) is 0. The fourth-order valence-electron chi connectivity index (χ4n) is 1.95. The maximum Gasteiger partial charge on any atom is 0.133 e. The third-order valence-corrected chi connectivity index (χ3v) is 3.33. The van der Waals surface area contributed by atoms with Gasteiger partial charge in [-0.05, 0) is 64.1 Å². The minimum atomic E-state index is 0. The Morgan fingerprint density at radius 3 is 2.81 bits per heavy atom. The first kappa shape index (κ1) is 13.6. The van der Waals surface area contributed by atoms with E-state index in [9.17, 15) is 0 Å². The van der Waals surface area contributed by atoms with E-state index < -0.39 is 0 Å². The van der Waals surface area contributed by atoms with E-state index in [1.54, 1.807) is 7.11 Å². The van der Waals surface area contributed by atoms with Crippen molar-refractivity contribution >= 4 is 33.9 Å². The van der Waals surface area contributed by atoms with Crippen molar-refractivity contribution in [2.75, 3.05) is 13.7 Å². The molecule has 0 aromatic heterocycles. The third-order valence-electron chi connectivity index (χ3n) is 2.71. The van der Waals surface area contributed by atoms with Gasteiger partial charge in [0.25, 0.3) is 0 Å². The number of benzene rings is 1. The first-order valence-electron chi connectivity index (χ1n) is 5.02. The minimum absolute atomic E-state index is 0. The van der Waals surface area contributed by atoms with Gasteiger partial charge in [-0.3, -0.25) is 0 Å². The van der Waals surface area contributed by atoms with Crippen molar-refractivity contribution in [2.45, 2.75) is 12.8 Å². The predicted octanol–water partition coefficient (Wildman–Crippen LogP) is 3.17. The molecule has 0 unspecified atom stereocenters. The average molecular weight is 305 g/mol. The Balaban J connectivity index is 0.00000128. The zero-order valence-electron chi connectivity index (χ0n) is 9.13. The van der Waals surface area contributed by atoms with E-state index >= 15 is 0 Å². The number of halogens is 2. The maximum absolute atomic E-state index is 5.58. The molecule has 2 N–H and O–H groups in total. The van der Waals surface area contributed by atoms with Gasteiger partial charge in [0.2, 0.25) is 0 Å². The Hall–Kier alpha value is -0.510. The molecule has 0 atom stereocenters. The lowest BCUT2D eigenvalue weighted by molar-refractivity contribution is 0.412. The normalized spacial score (nSPS) is 12.8. The monoisotopic (exact) mass is 303 g/mol. The minimum Gasteiger partial charge on any atom is -0.496 e. The second kappa shape index (κ2) is 5.71. The Kier molecular flexibility index (Phi) is 4.84. The van der Waals surface area contributed by atoms with E-state index in [1.807, 2.05) is 0 Å². The summed E-state index contributed by atoms with van der Waals surface area (Å²) in [6.07, 6.45) is 4.20. The molecule has 1 aromatic rings. The largest absolute Gasteiger partial charge is 0.496 e. The molecule has 0 heterocycles. The van der Waals surface area contributed by atoms with Gasteiger partial charge in [-0.25, -0.2) is 0 Å². The van der Waals surface area contributed by atoms with E-state index in [-0.39, 0.29) is 12.4 Å². The Morgan fingerprint density at radius 2 is 2.19 bits per heavy atom. The van der Waals surface area contributed by atoms with Crippen molar-refractivity contribution in [3.63, 3.8) is 0 Å². The maximum atomic E-state index is 5.58. The zero-order valence-corrected chi connectivity index (χ0v) is 11.5.